The topological polar surface area (TPSA) is 29.4 Å². The Balaban J connectivity index is 2.39. The Morgan fingerprint density at radius 1 is 1.05 bits per heavy atom. The van der Waals surface area contributed by atoms with Crippen molar-refractivity contribution in [1.82, 2.24) is 0 Å². The second-order valence-electron chi connectivity index (χ2n) is 5.60. The molecule has 2 rings (SSSR count). The highest BCUT2D eigenvalue weighted by molar-refractivity contribution is 7.85. The minimum absolute atomic E-state index is 0.321. The zero-order valence-corrected chi connectivity index (χ0v) is 12.6. The van der Waals surface area contributed by atoms with Gasteiger partial charge in [-0.1, -0.05) is 36.4 Å². The summed E-state index contributed by atoms with van der Waals surface area (Å²) in [4.78, 5) is 0. The minimum atomic E-state index is -1.21. The van der Waals surface area contributed by atoms with Crippen molar-refractivity contribution in [3.63, 3.8) is 0 Å². The zero-order chi connectivity index (χ0) is 14.0. The smallest absolute Gasteiger partial charge is 0.145 e. The van der Waals surface area contributed by atoms with Crippen LogP contribution in [0.4, 0.5) is 0 Å². The van der Waals surface area contributed by atoms with Crippen LogP contribution >= 0.6 is 0 Å². The monoisotopic (exact) mass is 273 g/mol. The Hall–Kier alpha value is -1.48. The van der Waals surface area contributed by atoms with Gasteiger partial charge in [-0.05, 0) is 50.1 Å². The number of nitrogens with zero attached hydrogens (tertiary/aromatic N) is 1. The Bertz CT molecular complexity index is 653. The Labute approximate surface area is 117 Å². The summed E-state index contributed by atoms with van der Waals surface area (Å²) in [5.41, 5.74) is 1.84. The number of fused-ring (bicyclic) bond motifs is 1. The van der Waals surface area contributed by atoms with E-state index in [-0.39, 0.29) is 4.75 Å². The summed E-state index contributed by atoms with van der Waals surface area (Å²) < 4.78 is 16.0. The van der Waals surface area contributed by atoms with Crippen LogP contribution in [0.15, 0.2) is 46.9 Å². The molecule has 2 aromatic carbocycles. The molecule has 1 atom stereocenters. The van der Waals surface area contributed by atoms with Crippen molar-refractivity contribution >= 4 is 27.5 Å². The van der Waals surface area contributed by atoms with E-state index in [1.54, 1.807) is 0 Å². The van der Waals surface area contributed by atoms with E-state index >= 15 is 0 Å². The van der Waals surface area contributed by atoms with Gasteiger partial charge in [0, 0.05) is 0 Å². The first-order valence-electron chi connectivity index (χ1n) is 6.34. The van der Waals surface area contributed by atoms with E-state index in [9.17, 15) is 4.21 Å². The maximum Gasteiger partial charge on any atom is 0.145 e. The first-order chi connectivity index (χ1) is 8.88. The number of rotatable bonds is 2. The summed E-state index contributed by atoms with van der Waals surface area (Å²) >= 11 is 0. The maximum absolute atomic E-state index is 12.0. The molecule has 0 aliphatic rings. The molecule has 3 heteroatoms. The van der Waals surface area contributed by atoms with Gasteiger partial charge in [-0.2, -0.15) is 4.40 Å². The van der Waals surface area contributed by atoms with Gasteiger partial charge in [0.15, 0.2) is 0 Å². The lowest BCUT2D eigenvalue weighted by Gasteiger charge is -2.14. The number of hydrogen-bond donors (Lipinski definition) is 0. The van der Waals surface area contributed by atoms with Gasteiger partial charge in [-0.15, -0.1) is 0 Å². The van der Waals surface area contributed by atoms with E-state index in [4.69, 9.17) is 0 Å². The molecule has 1 unspecified atom stereocenters. The molecule has 0 amide bonds. The third-order valence-corrected chi connectivity index (χ3v) is 4.40. The fourth-order valence-electron chi connectivity index (χ4n) is 1.73. The van der Waals surface area contributed by atoms with Crippen LogP contribution in [0.3, 0.4) is 0 Å². The lowest BCUT2D eigenvalue weighted by Crippen LogP contribution is -2.20. The lowest BCUT2D eigenvalue weighted by molar-refractivity contribution is 0.650. The van der Waals surface area contributed by atoms with E-state index in [2.05, 4.69) is 28.7 Å². The van der Waals surface area contributed by atoms with E-state index in [1.165, 1.54) is 10.8 Å². The van der Waals surface area contributed by atoms with Gasteiger partial charge < -0.3 is 0 Å². The zero-order valence-electron chi connectivity index (χ0n) is 11.8. The predicted molar refractivity (Wildman–Crippen MR) is 84.1 cm³/mol. The molecule has 0 bridgehead atoms. The van der Waals surface area contributed by atoms with Gasteiger partial charge in [-0.3, -0.25) is 0 Å². The molecule has 0 spiro atoms. The molecular formula is C16H19NOS. The molecule has 0 fully saturated rings. The van der Waals surface area contributed by atoms with Crippen LogP contribution < -0.4 is 0 Å². The van der Waals surface area contributed by atoms with E-state index < -0.39 is 11.0 Å². The third-order valence-electron chi connectivity index (χ3n) is 2.91. The fraction of sp³-hybridized carbons (Fsp3) is 0.312. The minimum Gasteiger partial charge on any atom is -0.234 e. The molecule has 0 saturated carbocycles. The van der Waals surface area contributed by atoms with Crippen LogP contribution in [-0.4, -0.2) is 14.7 Å². The summed E-state index contributed by atoms with van der Waals surface area (Å²) in [6.45, 7) is 7.70. The quantitative estimate of drug-likeness (QED) is 0.757. The summed E-state index contributed by atoms with van der Waals surface area (Å²) in [6.07, 6.45) is 0. The Kier molecular flexibility index (Phi) is 3.85. The average Bonchev–Trinajstić information content (AvgIpc) is 2.37. The van der Waals surface area contributed by atoms with E-state index in [1.807, 2.05) is 45.9 Å². The summed E-state index contributed by atoms with van der Waals surface area (Å²) in [6, 6.07) is 14.4. The molecule has 0 heterocycles. The first-order valence-corrected chi connectivity index (χ1v) is 7.45. The lowest BCUT2D eigenvalue weighted by atomic mass is 10.1. The van der Waals surface area contributed by atoms with Crippen LogP contribution in [0.25, 0.3) is 10.8 Å². The molecular weight excluding hydrogens is 254 g/mol. The average molecular weight is 273 g/mol. The third kappa shape index (κ3) is 3.29. The Morgan fingerprint density at radius 3 is 2.32 bits per heavy atom. The van der Waals surface area contributed by atoms with Gasteiger partial charge >= 0.3 is 0 Å². The van der Waals surface area contributed by atoms with Crippen molar-refractivity contribution in [3.05, 3.63) is 48.0 Å². The Morgan fingerprint density at radius 2 is 1.68 bits per heavy atom. The highest BCUT2D eigenvalue weighted by Crippen LogP contribution is 2.18. The number of benzene rings is 2. The van der Waals surface area contributed by atoms with Crippen LogP contribution in [-0.2, 0) is 11.0 Å². The molecule has 0 N–H and O–H groups in total. The molecule has 0 radical (unpaired) electrons. The van der Waals surface area contributed by atoms with Gasteiger partial charge in [0.1, 0.15) is 11.0 Å². The predicted octanol–water partition coefficient (Wildman–Crippen LogP) is 4.11. The van der Waals surface area contributed by atoms with Crippen LogP contribution in [0.5, 0.6) is 0 Å². The van der Waals surface area contributed by atoms with Crippen LogP contribution in [0.2, 0.25) is 0 Å². The van der Waals surface area contributed by atoms with Crippen LogP contribution in [0.1, 0.15) is 33.3 Å². The van der Waals surface area contributed by atoms with Gasteiger partial charge in [0.25, 0.3) is 0 Å². The molecule has 100 valence electrons. The van der Waals surface area contributed by atoms with Gasteiger partial charge in [0.2, 0.25) is 0 Å². The summed E-state index contributed by atoms with van der Waals surface area (Å²) in [5.74, 6) is 0. The van der Waals surface area contributed by atoms with Crippen molar-refractivity contribution in [1.29, 1.82) is 0 Å². The molecule has 0 saturated heterocycles. The largest absolute Gasteiger partial charge is 0.234 e. The maximum atomic E-state index is 12.0. The second-order valence-corrected chi connectivity index (χ2v) is 7.51. The highest BCUT2D eigenvalue weighted by atomic mass is 32.2. The van der Waals surface area contributed by atoms with Crippen molar-refractivity contribution in [2.24, 2.45) is 4.40 Å². The summed E-state index contributed by atoms with van der Waals surface area (Å²) in [7, 11) is -1.21. The van der Waals surface area contributed by atoms with Crippen molar-refractivity contribution < 1.29 is 4.21 Å². The van der Waals surface area contributed by atoms with Crippen molar-refractivity contribution in [3.8, 4) is 0 Å². The van der Waals surface area contributed by atoms with Gasteiger partial charge in [-0.25, -0.2) is 4.21 Å². The second kappa shape index (κ2) is 5.25. The SMILES string of the molecule is C/C(=N/S(=O)C(C)(C)C)c1ccc2ccccc2c1. The first kappa shape index (κ1) is 13.9. The summed E-state index contributed by atoms with van der Waals surface area (Å²) in [5, 5.41) is 2.38. The standard InChI is InChI=1S/C16H19NOS/c1-12(17-19(18)16(2,3)4)14-10-9-13-7-5-6-8-15(13)11-14/h5-11H,1-4H3/b17-12-. The van der Waals surface area contributed by atoms with Crippen molar-refractivity contribution in [2.45, 2.75) is 32.4 Å². The van der Waals surface area contributed by atoms with Crippen molar-refractivity contribution in [2.75, 3.05) is 0 Å². The normalized spacial score (nSPS) is 14.6. The highest BCUT2D eigenvalue weighted by Gasteiger charge is 2.19. The van der Waals surface area contributed by atoms with E-state index in [0.717, 1.165) is 11.3 Å². The molecule has 19 heavy (non-hydrogen) atoms. The van der Waals surface area contributed by atoms with Gasteiger partial charge in [0.05, 0.1) is 10.5 Å². The van der Waals surface area contributed by atoms with Crippen LogP contribution in [0, 0.1) is 0 Å². The molecule has 2 nitrogen and oxygen atoms in total. The molecule has 0 aliphatic heterocycles. The molecule has 0 aliphatic carbocycles. The molecule has 2 aromatic rings. The molecule has 0 aromatic heterocycles. The van der Waals surface area contributed by atoms with E-state index in [0.29, 0.717) is 0 Å². The fourth-order valence-corrected chi connectivity index (χ4v) is 2.36. The number of hydrogen-bond acceptors (Lipinski definition) is 1.